The molecule has 2 rings (SSSR count). The van der Waals surface area contributed by atoms with E-state index in [2.05, 4.69) is 37.2 Å². The number of benzene rings is 1. The third-order valence-electron chi connectivity index (χ3n) is 2.38. The zero-order valence-corrected chi connectivity index (χ0v) is 13.6. The number of hydrogen-bond donors (Lipinski definition) is 2. The number of aromatic carboxylic acids is 1. The fraction of sp³-hybridized carbons (Fsp3) is 0. The summed E-state index contributed by atoms with van der Waals surface area (Å²) in [6.45, 7) is 0. The average Bonchev–Trinajstić information content (AvgIpc) is 2.70. The van der Waals surface area contributed by atoms with Crippen LogP contribution in [0.3, 0.4) is 0 Å². The third kappa shape index (κ3) is 3.08. The van der Waals surface area contributed by atoms with Gasteiger partial charge in [-0.15, -0.1) is 11.3 Å². The molecule has 0 aliphatic rings. The van der Waals surface area contributed by atoms with Crippen LogP contribution in [-0.2, 0) is 0 Å². The molecule has 2 N–H and O–H groups in total. The number of amides is 1. The number of thiophene rings is 1. The summed E-state index contributed by atoms with van der Waals surface area (Å²) in [7, 11) is 0. The average molecular weight is 423 g/mol. The summed E-state index contributed by atoms with van der Waals surface area (Å²) in [5, 5.41) is 11.3. The minimum Gasteiger partial charge on any atom is -0.478 e. The van der Waals surface area contributed by atoms with Crippen molar-refractivity contribution >= 4 is 60.8 Å². The minimum atomic E-state index is -1.31. The Morgan fingerprint density at radius 1 is 1.25 bits per heavy atom. The number of halogens is 3. The highest BCUT2D eigenvalue weighted by atomic mass is 79.9. The molecule has 1 aromatic carbocycles. The summed E-state index contributed by atoms with van der Waals surface area (Å²) < 4.78 is 15.0. The van der Waals surface area contributed by atoms with Crippen LogP contribution < -0.4 is 5.32 Å². The summed E-state index contributed by atoms with van der Waals surface area (Å²) >= 11 is 7.73. The number of rotatable bonds is 3. The van der Waals surface area contributed by atoms with Crippen molar-refractivity contribution in [2.24, 2.45) is 0 Å². The first-order valence-electron chi connectivity index (χ1n) is 5.18. The molecule has 0 aliphatic carbocycles. The van der Waals surface area contributed by atoms with Crippen molar-refractivity contribution in [1.29, 1.82) is 0 Å². The van der Waals surface area contributed by atoms with Crippen molar-refractivity contribution in [2.75, 3.05) is 5.32 Å². The summed E-state index contributed by atoms with van der Waals surface area (Å²) in [6.07, 6.45) is 0. The molecule has 0 unspecified atom stereocenters. The van der Waals surface area contributed by atoms with Crippen LogP contribution in [0.4, 0.5) is 10.1 Å². The van der Waals surface area contributed by atoms with Crippen LogP contribution in [-0.4, -0.2) is 17.0 Å². The molecule has 1 amide bonds. The predicted octanol–water partition coefficient (Wildman–Crippen LogP) is 4.36. The number of carbonyl (C=O) groups is 2. The Labute approximate surface area is 133 Å². The van der Waals surface area contributed by atoms with Gasteiger partial charge in [-0.25, -0.2) is 9.18 Å². The number of carboxylic acids is 1. The number of hydrogen-bond acceptors (Lipinski definition) is 3. The molecule has 2 aromatic rings. The predicted molar refractivity (Wildman–Crippen MR) is 81.0 cm³/mol. The van der Waals surface area contributed by atoms with E-state index in [0.29, 0.717) is 9.35 Å². The van der Waals surface area contributed by atoms with Gasteiger partial charge in [0.15, 0.2) is 0 Å². The van der Waals surface area contributed by atoms with Gasteiger partial charge in [0.25, 0.3) is 5.91 Å². The first-order valence-corrected chi connectivity index (χ1v) is 7.58. The first kappa shape index (κ1) is 15.1. The maximum absolute atomic E-state index is 13.7. The lowest BCUT2D eigenvalue weighted by molar-refractivity contribution is 0.0697. The van der Waals surface area contributed by atoms with E-state index in [-0.39, 0.29) is 11.3 Å². The largest absolute Gasteiger partial charge is 0.478 e. The zero-order chi connectivity index (χ0) is 14.9. The van der Waals surface area contributed by atoms with Crippen LogP contribution in [0.1, 0.15) is 20.7 Å². The normalized spacial score (nSPS) is 10.3. The zero-order valence-electron chi connectivity index (χ0n) is 9.62. The second-order valence-corrected chi connectivity index (χ2v) is 7.41. The van der Waals surface area contributed by atoms with Crippen molar-refractivity contribution in [3.8, 4) is 0 Å². The van der Waals surface area contributed by atoms with Crippen LogP contribution in [0.15, 0.2) is 31.8 Å². The van der Waals surface area contributed by atoms with E-state index in [4.69, 9.17) is 5.11 Å². The van der Waals surface area contributed by atoms with Gasteiger partial charge in [-0.3, -0.25) is 4.79 Å². The monoisotopic (exact) mass is 421 g/mol. The Morgan fingerprint density at radius 3 is 2.50 bits per heavy atom. The summed E-state index contributed by atoms with van der Waals surface area (Å²) in [5.74, 6) is -2.71. The second kappa shape index (κ2) is 6.02. The molecule has 0 aliphatic heterocycles. The van der Waals surface area contributed by atoms with Gasteiger partial charge in [0.2, 0.25) is 0 Å². The van der Waals surface area contributed by atoms with E-state index in [0.717, 1.165) is 9.85 Å². The van der Waals surface area contributed by atoms with E-state index >= 15 is 0 Å². The molecule has 0 atom stereocenters. The first-order chi connectivity index (χ1) is 9.40. The smallest absolute Gasteiger partial charge is 0.337 e. The van der Waals surface area contributed by atoms with Crippen LogP contribution in [0.5, 0.6) is 0 Å². The van der Waals surface area contributed by atoms with Crippen LogP contribution in [0.2, 0.25) is 0 Å². The summed E-state index contributed by atoms with van der Waals surface area (Å²) in [5.41, 5.74) is -0.357. The molecule has 8 heteroatoms. The van der Waals surface area contributed by atoms with E-state index in [1.165, 1.54) is 23.5 Å². The molecule has 4 nitrogen and oxygen atoms in total. The second-order valence-electron chi connectivity index (χ2n) is 3.66. The van der Waals surface area contributed by atoms with Gasteiger partial charge in [-0.2, -0.15) is 0 Å². The van der Waals surface area contributed by atoms with Crippen molar-refractivity contribution in [1.82, 2.24) is 0 Å². The Kier molecular flexibility index (Phi) is 4.56. The van der Waals surface area contributed by atoms with Crippen molar-refractivity contribution < 1.29 is 19.1 Å². The van der Waals surface area contributed by atoms with Gasteiger partial charge in [-0.1, -0.05) is 6.07 Å². The van der Waals surface area contributed by atoms with Gasteiger partial charge in [0.1, 0.15) is 5.82 Å². The van der Waals surface area contributed by atoms with Gasteiger partial charge in [0.05, 0.1) is 24.4 Å². The quantitative estimate of drug-likeness (QED) is 0.772. The molecule has 0 radical (unpaired) electrons. The summed E-state index contributed by atoms with van der Waals surface area (Å²) in [6, 6.07) is 5.14. The van der Waals surface area contributed by atoms with Crippen LogP contribution in [0.25, 0.3) is 0 Å². The van der Waals surface area contributed by atoms with Crippen LogP contribution >= 0.6 is 43.2 Å². The maximum atomic E-state index is 13.7. The number of carbonyl (C=O) groups excluding carboxylic acids is 1. The standard InChI is InChI=1S/C12H6Br2FNO3S/c13-8-4-6(10(14)20-8)11(17)16-9-5(12(18)19)2-1-3-7(9)15/h1-4H,(H,16,17)(H,18,19). The maximum Gasteiger partial charge on any atom is 0.337 e. The summed E-state index contributed by atoms with van der Waals surface area (Å²) in [4.78, 5) is 23.1. The van der Waals surface area contributed by atoms with Gasteiger partial charge in [-0.05, 0) is 50.1 Å². The lowest BCUT2D eigenvalue weighted by Crippen LogP contribution is -2.16. The SMILES string of the molecule is O=C(Nc1c(F)cccc1C(=O)O)c1cc(Br)sc1Br. The topological polar surface area (TPSA) is 66.4 Å². The Balaban J connectivity index is 2.37. The highest BCUT2D eigenvalue weighted by molar-refractivity contribution is 9.12. The molecule has 1 heterocycles. The molecule has 0 saturated carbocycles. The highest BCUT2D eigenvalue weighted by Gasteiger charge is 2.19. The molecule has 0 spiro atoms. The Bertz CT molecular complexity index is 702. The Morgan fingerprint density at radius 2 is 1.95 bits per heavy atom. The van der Waals surface area contributed by atoms with E-state index < -0.39 is 17.7 Å². The van der Waals surface area contributed by atoms with E-state index in [1.807, 2.05) is 0 Å². The molecule has 20 heavy (non-hydrogen) atoms. The van der Waals surface area contributed by atoms with Crippen molar-refractivity contribution in [3.05, 3.63) is 48.8 Å². The molecule has 0 fully saturated rings. The number of para-hydroxylation sites is 1. The van der Waals surface area contributed by atoms with Crippen molar-refractivity contribution in [3.63, 3.8) is 0 Å². The number of carboxylic acid groups (broad SMARTS) is 1. The number of nitrogens with one attached hydrogen (secondary N) is 1. The van der Waals surface area contributed by atoms with Gasteiger partial charge < -0.3 is 10.4 Å². The molecule has 0 saturated heterocycles. The minimum absolute atomic E-state index is 0.293. The van der Waals surface area contributed by atoms with Crippen molar-refractivity contribution in [2.45, 2.75) is 0 Å². The third-order valence-corrected chi connectivity index (χ3v) is 4.72. The molecule has 1 aromatic heterocycles. The fourth-order valence-electron chi connectivity index (χ4n) is 1.51. The molecule has 104 valence electrons. The van der Waals surface area contributed by atoms with Crippen LogP contribution in [0, 0.1) is 5.82 Å². The van der Waals surface area contributed by atoms with E-state index in [9.17, 15) is 14.0 Å². The lowest BCUT2D eigenvalue weighted by atomic mass is 10.1. The fourth-order valence-corrected chi connectivity index (χ4v) is 4.30. The molecule has 0 bridgehead atoms. The van der Waals surface area contributed by atoms with E-state index in [1.54, 1.807) is 6.07 Å². The molecular weight excluding hydrogens is 417 g/mol. The Hall–Kier alpha value is -1.25. The molecular formula is C12H6Br2FNO3S. The van der Waals surface area contributed by atoms with Gasteiger partial charge in [0, 0.05) is 0 Å². The highest BCUT2D eigenvalue weighted by Crippen LogP contribution is 2.32. The van der Waals surface area contributed by atoms with Gasteiger partial charge >= 0.3 is 5.97 Å². The lowest BCUT2D eigenvalue weighted by Gasteiger charge is -2.09. The number of anilines is 1.